The van der Waals surface area contributed by atoms with Crippen molar-refractivity contribution in [3.63, 3.8) is 0 Å². The summed E-state index contributed by atoms with van der Waals surface area (Å²) in [5, 5.41) is 0. The molecule has 0 fully saturated rings. The van der Waals surface area contributed by atoms with Crippen molar-refractivity contribution in [2.24, 2.45) is 0 Å². The lowest BCUT2D eigenvalue weighted by molar-refractivity contribution is 0.151. The van der Waals surface area contributed by atoms with Crippen LogP contribution in [0.15, 0.2) is 12.1 Å². The molecule has 18 heavy (non-hydrogen) atoms. The first-order valence-electron chi connectivity index (χ1n) is 6.24. The molecule has 0 aromatic carbocycles. The summed E-state index contributed by atoms with van der Waals surface area (Å²) < 4.78 is 8.11. The van der Waals surface area contributed by atoms with Gasteiger partial charge < -0.3 is 9.72 Å². The second-order valence-corrected chi connectivity index (χ2v) is 4.91. The predicted octanol–water partition coefficient (Wildman–Crippen LogP) is 3.39. The second-order valence-electron chi connectivity index (χ2n) is 4.52. The Morgan fingerprint density at radius 3 is 2.94 bits per heavy atom. The number of nitrogens with one attached hydrogen (secondary N) is 1. The Labute approximate surface area is 112 Å². The number of methoxy groups -OCH3 is 1. The van der Waals surface area contributed by atoms with Crippen molar-refractivity contribution in [2.45, 2.75) is 32.7 Å². The minimum absolute atomic E-state index is 0.246. The predicted molar refractivity (Wildman–Crippen MR) is 75.5 cm³/mol. The monoisotopic (exact) mass is 265 g/mol. The maximum Gasteiger partial charge on any atom is 0.179 e. The average molecular weight is 265 g/mol. The van der Waals surface area contributed by atoms with Gasteiger partial charge in [-0.2, -0.15) is 0 Å². The third-order valence-electron chi connectivity index (χ3n) is 3.05. The van der Waals surface area contributed by atoms with Gasteiger partial charge in [0.25, 0.3) is 0 Å². The van der Waals surface area contributed by atoms with Crippen LogP contribution in [-0.4, -0.2) is 28.3 Å². The van der Waals surface area contributed by atoms with Crippen molar-refractivity contribution in [1.82, 2.24) is 14.5 Å². The van der Waals surface area contributed by atoms with Gasteiger partial charge in [-0.15, -0.1) is 0 Å². The molecule has 2 aromatic heterocycles. The Bertz CT molecular complexity index is 581. The van der Waals surface area contributed by atoms with E-state index in [0.29, 0.717) is 6.61 Å². The van der Waals surface area contributed by atoms with Gasteiger partial charge in [0.2, 0.25) is 0 Å². The molecule has 0 radical (unpaired) electrons. The van der Waals surface area contributed by atoms with Crippen LogP contribution in [0.3, 0.4) is 0 Å². The van der Waals surface area contributed by atoms with E-state index >= 15 is 0 Å². The molecule has 0 aliphatic carbocycles. The quantitative estimate of drug-likeness (QED) is 0.843. The first-order chi connectivity index (χ1) is 8.67. The van der Waals surface area contributed by atoms with Crippen molar-refractivity contribution in [3.05, 3.63) is 22.6 Å². The summed E-state index contributed by atoms with van der Waals surface area (Å²) >= 11 is 5.41. The summed E-state index contributed by atoms with van der Waals surface area (Å²) in [5.41, 5.74) is 2.91. The number of hydrogen-bond acceptors (Lipinski definition) is 3. The van der Waals surface area contributed by atoms with Crippen LogP contribution >= 0.6 is 12.2 Å². The lowest BCUT2D eigenvalue weighted by Crippen LogP contribution is -2.15. The van der Waals surface area contributed by atoms with E-state index in [0.717, 1.165) is 34.5 Å². The molecule has 2 rings (SSSR count). The van der Waals surface area contributed by atoms with E-state index in [2.05, 4.69) is 21.5 Å². The molecule has 4 nitrogen and oxygen atoms in total. The van der Waals surface area contributed by atoms with Gasteiger partial charge in [-0.25, -0.2) is 4.98 Å². The fourth-order valence-corrected chi connectivity index (χ4v) is 2.59. The Kier molecular flexibility index (Phi) is 4.14. The molecular weight excluding hydrogens is 246 g/mol. The van der Waals surface area contributed by atoms with Crippen LogP contribution in [0.4, 0.5) is 0 Å². The van der Waals surface area contributed by atoms with Gasteiger partial charge in [0.05, 0.1) is 18.2 Å². The topological polar surface area (TPSA) is 42.8 Å². The fourth-order valence-electron chi connectivity index (χ4n) is 2.25. The zero-order chi connectivity index (χ0) is 13.1. The molecule has 0 aliphatic heterocycles. The second kappa shape index (κ2) is 5.63. The molecular formula is C13H19N3OS. The number of aromatic nitrogens is 3. The van der Waals surface area contributed by atoms with Gasteiger partial charge in [0, 0.05) is 12.8 Å². The van der Waals surface area contributed by atoms with Gasteiger partial charge in [-0.05, 0) is 37.7 Å². The largest absolute Gasteiger partial charge is 0.383 e. The van der Waals surface area contributed by atoms with E-state index in [9.17, 15) is 0 Å². The van der Waals surface area contributed by atoms with Gasteiger partial charge >= 0.3 is 0 Å². The van der Waals surface area contributed by atoms with Crippen LogP contribution in [0.1, 0.15) is 31.5 Å². The third-order valence-corrected chi connectivity index (χ3v) is 3.35. The van der Waals surface area contributed by atoms with Crippen LogP contribution in [0.2, 0.25) is 0 Å². The summed E-state index contributed by atoms with van der Waals surface area (Å²) in [5.74, 6) is 0. The number of aryl methyl sites for hydroxylation is 1. The highest BCUT2D eigenvalue weighted by Gasteiger charge is 2.15. The maximum atomic E-state index is 5.41. The lowest BCUT2D eigenvalue weighted by Gasteiger charge is -2.17. The lowest BCUT2D eigenvalue weighted by atomic mass is 10.2. The molecule has 0 amide bonds. The summed E-state index contributed by atoms with van der Waals surface area (Å²) in [4.78, 5) is 7.80. The molecule has 0 bridgehead atoms. The highest BCUT2D eigenvalue weighted by atomic mass is 32.1. The number of rotatable bonds is 5. The van der Waals surface area contributed by atoms with E-state index in [1.165, 1.54) is 0 Å². The van der Waals surface area contributed by atoms with E-state index in [-0.39, 0.29) is 6.04 Å². The Balaban J connectivity index is 2.56. The smallest absolute Gasteiger partial charge is 0.179 e. The van der Waals surface area contributed by atoms with Crippen LogP contribution in [0.25, 0.3) is 11.2 Å². The molecule has 2 heterocycles. The summed E-state index contributed by atoms with van der Waals surface area (Å²) in [6.07, 6.45) is 2.12. The van der Waals surface area contributed by atoms with Crippen LogP contribution in [0.5, 0.6) is 0 Å². The normalized spacial score (nSPS) is 13.1. The molecule has 98 valence electrons. The highest BCUT2D eigenvalue weighted by Crippen LogP contribution is 2.21. The number of ether oxygens (including phenoxy) is 1. The number of H-pyrrole nitrogens is 1. The zero-order valence-corrected chi connectivity index (χ0v) is 11.9. The fraction of sp³-hybridized carbons (Fsp3) is 0.538. The highest BCUT2D eigenvalue weighted by molar-refractivity contribution is 7.71. The van der Waals surface area contributed by atoms with E-state index in [1.807, 2.05) is 19.1 Å². The van der Waals surface area contributed by atoms with Crippen molar-refractivity contribution < 1.29 is 4.74 Å². The first-order valence-corrected chi connectivity index (χ1v) is 6.65. The number of hydrogen-bond donors (Lipinski definition) is 1. The molecule has 0 aliphatic rings. The molecule has 2 aromatic rings. The third kappa shape index (κ3) is 2.47. The molecule has 0 spiro atoms. The first kappa shape index (κ1) is 13.2. The van der Waals surface area contributed by atoms with Gasteiger partial charge in [-0.3, -0.25) is 4.57 Å². The van der Waals surface area contributed by atoms with Crippen molar-refractivity contribution in [3.8, 4) is 0 Å². The van der Waals surface area contributed by atoms with Crippen LogP contribution in [-0.2, 0) is 4.74 Å². The van der Waals surface area contributed by atoms with Crippen molar-refractivity contribution in [1.29, 1.82) is 0 Å². The van der Waals surface area contributed by atoms with Crippen molar-refractivity contribution >= 4 is 23.4 Å². The van der Waals surface area contributed by atoms with Crippen LogP contribution < -0.4 is 0 Å². The Hall–Kier alpha value is -1.20. The van der Waals surface area contributed by atoms with E-state index < -0.39 is 0 Å². The maximum absolute atomic E-state index is 5.41. The molecule has 5 heteroatoms. The average Bonchev–Trinajstić information content (AvgIpc) is 2.64. The molecule has 1 N–H and O–H groups in total. The minimum atomic E-state index is 0.246. The van der Waals surface area contributed by atoms with Crippen molar-refractivity contribution in [2.75, 3.05) is 13.7 Å². The number of imidazole rings is 1. The number of nitrogens with zero attached hydrogens (tertiary/aromatic N) is 2. The van der Waals surface area contributed by atoms with Gasteiger partial charge in [-0.1, -0.05) is 13.3 Å². The van der Waals surface area contributed by atoms with Gasteiger partial charge in [0.1, 0.15) is 0 Å². The standard InChI is InChI=1S/C13H19N3OS/c1-4-5-10(8-17-3)16-12-11(15-13(16)18)7-6-9(2)14-12/h6-7,10H,4-5,8H2,1-3H3,(H,15,18). The van der Waals surface area contributed by atoms with Gasteiger partial charge in [0.15, 0.2) is 10.4 Å². The Morgan fingerprint density at radius 2 is 2.28 bits per heavy atom. The summed E-state index contributed by atoms with van der Waals surface area (Å²) in [7, 11) is 1.72. The summed E-state index contributed by atoms with van der Waals surface area (Å²) in [6.45, 7) is 4.81. The van der Waals surface area contributed by atoms with E-state index in [4.69, 9.17) is 17.0 Å². The van der Waals surface area contributed by atoms with Crippen LogP contribution in [0, 0.1) is 11.7 Å². The molecule has 1 unspecified atom stereocenters. The Morgan fingerprint density at radius 1 is 1.50 bits per heavy atom. The molecule has 0 saturated heterocycles. The number of aromatic amines is 1. The SMILES string of the molecule is CCCC(COC)n1c(=S)[nH]c2ccc(C)nc21. The number of fused-ring (bicyclic) bond motifs is 1. The zero-order valence-electron chi connectivity index (χ0n) is 11.1. The number of pyridine rings is 1. The van der Waals surface area contributed by atoms with E-state index in [1.54, 1.807) is 7.11 Å². The molecule has 1 atom stereocenters. The minimum Gasteiger partial charge on any atom is -0.383 e. The molecule has 0 saturated carbocycles. The summed E-state index contributed by atoms with van der Waals surface area (Å²) in [6, 6.07) is 4.26.